The van der Waals surface area contributed by atoms with E-state index in [0.717, 1.165) is 18.8 Å². The van der Waals surface area contributed by atoms with Gasteiger partial charge in [-0.25, -0.2) is 4.79 Å². The maximum Gasteiger partial charge on any atom is 0.408 e. The zero-order valence-electron chi connectivity index (χ0n) is 16.8. The number of carbonyl (C=O) groups excluding carboxylic acids is 1. The van der Waals surface area contributed by atoms with Gasteiger partial charge in [0.1, 0.15) is 5.60 Å². The Labute approximate surface area is 165 Å². The van der Waals surface area contributed by atoms with Crippen LogP contribution in [0, 0.1) is 0 Å². The van der Waals surface area contributed by atoms with Crippen LogP contribution >= 0.6 is 24.0 Å². The number of nitrogens with one attached hydrogen (secondary N) is 3. The lowest BCUT2D eigenvalue weighted by Crippen LogP contribution is -2.58. The summed E-state index contributed by atoms with van der Waals surface area (Å²) in [5.41, 5.74) is -0.964. The highest BCUT2D eigenvalue weighted by Crippen LogP contribution is 2.16. The first kappa shape index (κ1) is 25.5. The summed E-state index contributed by atoms with van der Waals surface area (Å²) < 4.78 is 5.39. The maximum atomic E-state index is 12.1. The van der Waals surface area contributed by atoms with Crippen molar-refractivity contribution in [1.82, 2.24) is 16.0 Å². The van der Waals surface area contributed by atoms with E-state index in [1.165, 1.54) is 0 Å². The van der Waals surface area contributed by atoms with Crippen LogP contribution in [0.25, 0.3) is 0 Å². The molecular formula is C17H37IN4O2. The van der Waals surface area contributed by atoms with Crippen LogP contribution in [0.2, 0.25) is 0 Å². The van der Waals surface area contributed by atoms with Crippen LogP contribution in [0.3, 0.4) is 0 Å². The number of hydrogen-bond acceptors (Lipinski definition) is 3. The van der Waals surface area contributed by atoms with Crippen LogP contribution < -0.4 is 16.0 Å². The molecule has 0 fully saturated rings. The van der Waals surface area contributed by atoms with Crippen molar-refractivity contribution in [2.75, 3.05) is 13.6 Å². The molecule has 0 saturated carbocycles. The predicted molar refractivity (Wildman–Crippen MR) is 112 cm³/mol. The van der Waals surface area contributed by atoms with Gasteiger partial charge < -0.3 is 20.7 Å². The lowest BCUT2D eigenvalue weighted by molar-refractivity contribution is 0.0448. The van der Waals surface area contributed by atoms with Crippen molar-refractivity contribution in [2.45, 2.75) is 84.9 Å². The summed E-state index contributed by atoms with van der Waals surface area (Å²) in [4.78, 5) is 16.4. The third-order valence-corrected chi connectivity index (χ3v) is 3.43. The van der Waals surface area contributed by atoms with Gasteiger partial charge in [-0.15, -0.1) is 24.0 Å². The lowest BCUT2D eigenvalue weighted by Gasteiger charge is -2.35. The van der Waals surface area contributed by atoms with Gasteiger partial charge in [-0.2, -0.15) is 0 Å². The van der Waals surface area contributed by atoms with Crippen molar-refractivity contribution in [3.8, 4) is 0 Å². The van der Waals surface area contributed by atoms with Gasteiger partial charge in [0.15, 0.2) is 5.96 Å². The highest BCUT2D eigenvalue weighted by atomic mass is 127. The molecule has 0 bridgehead atoms. The molecule has 0 unspecified atom stereocenters. The van der Waals surface area contributed by atoms with Gasteiger partial charge in [0.25, 0.3) is 0 Å². The highest BCUT2D eigenvalue weighted by Gasteiger charge is 2.31. The smallest absolute Gasteiger partial charge is 0.408 e. The first-order valence-electron chi connectivity index (χ1n) is 8.36. The molecule has 0 rings (SSSR count). The molecular weight excluding hydrogens is 419 g/mol. The van der Waals surface area contributed by atoms with E-state index in [1.54, 1.807) is 7.05 Å². The minimum Gasteiger partial charge on any atom is -0.444 e. The fraction of sp³-hybridized carbons (Fsp3) is 0.882. The SMILES string of the molecule is CCC(CC)(CNC(=NC)NC(C)(C)C)NC(=O)OC(C)(C)C.I. The fourth-order valence-electron chi connectivity index (χ4n) is 2.03. The minimum absolute atomic E-state index is 0. The van der Waals surface area contributed by atoms with Crippen molar-refractivity contribution in [1.29, 1.82) is 0 Å². The summed E-state index contributed by atoms with van der Waals surface area (Å²) in [6.07, 6.45) is 1.20. The van der Waals surface area contributed by atoms with Crippen LogP contribution in [0.4, 0.5) is 4.79 Å². The zero-order valence-corrected chi connectivity index (χ0v) is 19.1. The van der Waals surface area contributed by atoms with Crippen molar-refractivity contribution in [2.24, 2.45) is 4.99 Å². The van der Waals surface area contributed by atoms with Crippen LogP contribution in [0.15, 0.2) is 4.99 Å². The third-order valence-electron chi connectivity index (χ3n) is 3.43. The second-order valence-electron chi connectivity index (χ2n) is 7.92. The summed E-state index contributed by atoms with van der Waals surface area (Å²) in [6, 6.07) is 0. The number of nitrogens with zero attached hydrogens (tertiary/aromatic N) is 1. The molecule has 144 valence electrons. The van der Waals surface area contributed by atoms with E-state index in [0.29, 0.717) is 6.54 Å². The Morgan fingerprint density at radius 2 is 1.50 bits per heavy atom. The maximum absolute atomic E-state index is 12.1. The Kier molecular flexibility index (Phi) is 11.0. The molecule has 7 heteroatoms. The average molecular weight is 456 g/mol. The predicted octanol–water partition coefficient (Wildman–Crippen LogP) is 3.65. The first-order chi connectivity index (χ1) is 10.4. The summed E-state index contributed by atoms with van der Waals surface area (Å²) in [6.45, 7) is 16.5. The summed E-state index contributed by atoms with van der Waals surface area (Å²) >= 11 is 0. The molecule has 0 heterocycles. The monoisotopic (exact) mass is 456 g/mol. The Bertz CT molecular complexity index is 408. The van der Waals surface area contributed by atoms with Crippen molar-refractivity contribution < 1.29 is 9.53 Å². The van der Waals surface area contributed by atoms with Crippen molar-refractivity contribution >= 4 is 36.0 Å². The van der Waals surface area contributed by atoms with Crippen LogP contribution in [-0.2, 0) is 4.74 Å². The van der Waals surface area contributed by atoms with Gasteiger partial charge in [-0.1, -0.05) is 13.8 Å². The molecule has 24 heavy (non-hydrogen) atoms. The summed E-state index contributed by atoms with van der Waals surface area (Å²) in [5.74, 6) is 0.717. The molecule has 1 amide bonds. The van der Waals surface area contributed by atoms with Gasteiger partial charge in [0.2, 0.25) is 0 Å². The van der Waals surface area contributed by atoms with E-state index >= 15 is 0 Å². The van der Waals surface area contributed by atoms with Gasteiger partial charge in [0.05, 0.1) is 5.54 Å². The number of halogens is 1. The third kappa shape index (κ3) is 10.9. The minimum atomic E-state index is -0.505. The van der Waals surface area contributed by atoms with Gasteiger partial charge >= 0.3 is 6.09 Å². The van der Waals surface area contributed by atoms with E-state index in [9.17, 15) is 4.79 Å². The van der Waals surface area contributed by atoms with E-state index in [2.05, 4.69) is 55.6 Å². The molecule has 0 atom stereocenters. The van der Waals surface area contributed by atoms with Gasteiger partial charge in [-0.3, -0.25) is 4.99 Å². The largest absolute Gasteiger partial charge is 0.444 e. The standard InChI is InChI=1S/C17H36N4O2.HI/c1-10-17(11-2,21-14(22)23-16(6,7)8)12-19-13(18-9)20-15(3,4)5;/h10-12H2,1-9H3,(H,21,22)(H2,18,19,20);1H. The second-order valence-corrected chi connectivity index (χ2v) is 7.92. The lowest BCUT2D eigenvalue weighted by atomic mass is 9.93. The summed E-state index contributed by atoms with van der Waals surface area (Å²) in [7, 11) is 1.74. The molecule has 6 nitrogen and oxygen atoms in total. The fourth-order valence-corrected chi connectivity index (χ4v) is 2.03. The molecule has 0 aliphatic carbocycles. The number of ether oxygens (including phenoxy) is 1. The van der Waals surface area contributed by atoms with E-state index < -0.39 is 5.60 Å². The molecule has 0 saturated heterocycles. The van der Waals surface area contributed by atoms with E-state index in [-0.39, 0.29) is 41.1 Å². The number of hydrogen-bond donors (Lipinski definition) is 3. The number of rotatable bonds is 5. The Hall–Kier alpha value is -0.730. The number of carbonyl (C=O) groups is 1. The summed E-state index contributed by atoms with van der Waals surface area (Å²) in [5, 5.41) is 9.64. The van der Waals surface area contributed by atoms with E-state index in [1.807, 2.05) is 20.8 Å². The van der Waals surface area contributed by atoms with Gasteiger partial charge in [-0.05, 0) is 54.4 Å². The molecule has 0 spiro atoms. The topological polar surface area (TPSA) is 74.8 Å². The number of amides is 1. The molecule has 3 N–H and O–H groups in total. The second kappa shape index (κ2) is 10.3. The Morgan fingerprint density at radius 1 is 1.00 bits per heavy atom. The molecule has 0 aromatic rings. The van der Waals surface area contributed by atoms with Crippen LogP contribution in [0.1, 0.15) is 68.2 Å². The molecule has 0 aliphatic heterocycles. The number of aliphatic imine (C=N–C) groups is 1. The highest BCUT2D eigenvalue weighted by molar-refractivity contribution is 14.0. The molecule has 0 aliphatic rings. The van der Waals surface area contributed by atoms with Crippen molar-refractivity contribution in [3.05, 3.63) is 0 Å². The quantitative estimate of drug-likeness (QED) is 0.336. The number of guanidine groups is 1. The Balaban J connectivity index is 0. The molecule has 0 radical (unpaired) electrons. The Morgan fingerprint density at radius 3 is 1.83 bits per heavy atom. The molecule has 0 aromatic heterocycles. The molecule has 0 aromatic carbocycles. The first-order valence-corrected chi connectivity index (χ1v) is 8.36. The van der Waals surface area contributed by atoms with Crippen LogP contribution in [-0.4, -0.2) is 42.3 Å². The normalized spacial score (nSPS) is 13.0. The van der Waals surface area contributed by atoms with Crippen LogP contribution in [0.5, 0.6) is 0 Å². The van der Waals surface area contributed by atoms with E-state index in [4.69, 9.17) is 4.74 Å². The van der Waals surface area contributed by atoms with Gasteiger partial charge in [0, 0.05) is 19.1 Å². The van der Waals surface area contributed by atoms with Crippen molar-refractivity contribution in [3.63, 3.8) is 0 Å². The zero-order chi connectivity index (χ0) is 18.3. The number of alkyl carbamates (subject to hydrolysis) is 1. The average Bonchev–Trinajstić information content (AvgIpc) is 2.38.